The summed E-state index contributed by atoms with van der Waals surface area (Å²) in [5.74, 6) is 2.34. The van der Waals surface area contributed by atoms with Gasteiger partial charge in [0.25, 0.3) is 0 Å². The largest absolute Gasteiger partial charge is 0.437 e. The molecule has 0 aliphatic rings. The van der Waals surface area contributed by atoms with Crippen LogP contribution in [-0.4, -0.2) is 24.1 Å². The number of nitrogens with zero attached hydrogens (tertiary/aromatic N) is 2. The lowest BCUT2D eigenvalue weighted by molar-refractivity contribution is 0.575. The number of anilines is 1. The highest BCUT2D eigenvalue weighted by Crippen LogP contribution is 2.25. The minimum absolute atomic E-state index is 0.755. The number of rotatable bonds is 2. The van der Waals surface area contributed by atoms with Crippen molar-refractivity contribution >= 4 is 16.9 Å². The molecule has 1 N–H and O–H groups in total. The zero-order chi connectivity index (χ0) is 11.8. The molecule has 3 rings (SSSR count). The number of para-hydroxylation sites is 2. The van der Waals surface area contributed by atoms with Gasteiger partial charge in [-0.05, 0) is 18.2 Å². The molecule has 17 heavy (non-hydrogen) atoms. The number of aromatic amines is 1. The molecule has 2 aromatic heterocycles. The maximum atomic E-state index is 5.69. The van der Waals surface area contributed by atoms with Crippen molar-refractivity contribution in [3.63, 3.8) is 0 Å². The summed E-state index contributed by atoms with van der Waals surface area (Å²) in [7, 11) is 3.89. The van der Waals surface area contributed by atoms with Gasteiger partial charge in [0.05, 0.1) is 11.0 Å². The van der Waals surface area contributed by atoms with E-state index < -0.39 is 0 Å². The number of fused-ring (bicyclic) bond motifs is 1. The van der Waals surface area contributed by atoms with Crippen LogP contribution >= 0.6 is 0 Å². The molecule has 0 fully saturated rings. The van der Waals surface area contributed by atoms with Crippen LogP contribution < -0.4 is 4.90 Å². The van der Waals surface area contributed by atoms with Crippen LogP contribution in [0.15, 0.2) is 40.8 Å². The second kappa shape index (κ2) is 3.66. The third kappa shape index (κ3) is 1.67. The smallest absolute Gasteiger partial charge is 0.195 e. The Morgan fingerprint density at radius 3 is 2.65 bits per heavy atom. The van der Waals surface area contributed by atoms with Crippen LogP contribution in [0.25, 0.3) is 22.6 Å². The van der Waals surface area contributed by atoms with Crippen molar-refractivity contribution in [1.82, 2.24) is 9.97 Å². The van der Waals surface area contributed by atoms with Gasteiger partial charge >= 0.3 is 0 Å². The van der Waals surface area contributed by atoms with E-state index >= 15 is 0 Å². The molecule has 2 heterocycles. The monoisotopic (exact) mass is 227 g/mol. The highest BCUT2D eigenvalue weighted by Gasteiger charge is 2.10. The summed E-state index contributed by atoms with van der Waals surface area (Å²) in [6, 6.07) is 11.8. The number of hydrogen-bond acceptors (Lipinski definition) is 3. The Morgan fingerprint density at radius 2 is 1.94 bits per heavy atom. The molecule has 0 unspecified atom stereocenters. The van der Waals surface area contributed by atoms with Gasteiger partial charge in [0.1, 0.15) is 0 Å². The van der Waals surface area contributed by atoms with E-state index in [2.05, 4.69) is 9.97 Å². The molecule has 86 valence electrons. The number of H-pyrrole nitrogens is 1. The van der Waals surface area contributed by atoms with Gasteiger partial charge < -0.3 is 14.3 Å². The maximum absolute atomic E-state index is 5.69. The van der Waals surface area contributed by atoms with Crippen molar-refractivity contribution in [2.75, 3.05) is 19.0 Å². The van der Waals surface area contributed by atoms with Crippen molar-refractivity contribution in [2.45, 2.75) is 0 Å². The van der Waals surface area contributed by atoms with Gasteiger partial charge in [-0.2, -0.15) is 0 Å². The van der Waals surface area contributed by atoms with Crippen molar-refractivity contribution < 1.29 is 4.42 Å². The van der Waals surface area contributed by atoms with E-state index in [9.17, 15) is 0 Å². The summed E-state index contributed by atoms with van der Waals surface area (Å²) >= 11 is 0. The second-order valence-corrected chi connectivity index (χ2v) is 4.13. The van der Waals surface area contributed by atoms with Gasteiger partial charge in [-0.1, -0.05) is 12.1 Å². The van der Waals surface area contributed by atoms with E-state index in [0.717, 1.165) is 28.5 Å². The number of imidazole rings is 1. The standard InChI is InChI=1S/C13H13N3O/c1-16(2)12-8-7-11(17-12)13-14-9-5-3-4-6-10(9)15-13/h3-8H,1-2H3,(H,14,15). The molecule has 4 heteroatoms. The van der Waals surface area contributed by atoms with Gasteiger partial charge in [-0.15, -0.1) is 0 Å². The molecule has 0 spiro atoms. The zero-order valence-corrected chi connectivity index (χ0v) is 9.77. The first-order valence-electron chi connectivity index (χ1n) is 5.46. The van der Waals surface area contributed by atoms with Gasteiger partial charge in [0, 0.05) is 20.2 Å². The van der Waals surface area contributed by atoms with Crippen molar-refractivity contribution in [2.24, 2.45) is 0 Å². The van der Waals surface area contributed by atoms with Crippen LogP contribution in [0, 0.1) is 0 Å². The Morgan fingerprint density at radius 1 is 1.12 bits per heavy atom. The molecule has 0 bridgehead atoms. The Labute approximate surface area is 98.9 Å². The van der Waals surface area contributed by atoms with Crippen LogP contribution in [0.2, 0.25) is 0 Å². The van der Waals surface area contributed by atoms with Crippen LogP contribution in [0.1, 0.15) is 0 Å². The molecule has 0 aliphatic heterocycles. The van der Waals surface area contributed by atoms with E-state index in [0.29, 0.717) is 0 Å². The van der Waals surface area contributed by atoms with E-state index in [4.69, 9.17) is 4.42 Å². The molecule has 0 amide bonds. The molecular formula is C13H13N3O. The maximum Gasteiger partial charge on any atom is 0.195 e. The highest BCUT2D eigenvalue weighted by atomic mass is 16.4. The van der Waals surface area contributed by atoms with E-state index in [-0.39, 0.29) is 0 Å². The first-order chi connectivity index (χ1) is 8.24. The summed E-state index contributed by atoms with van der Waals surface area (Å²) in [5, 5.41) is 0. The molecule has 0 saturated carbocycles. The SMILES string of the molecule is CN(C)c1ccc(-c2nc3ccccc3[nH]2)o1. The molecule has 0 radical (unpaired) electrons. The van der Waals surface area contributed by atoms with Crippen LogP contribution in [0.3, 0.4) is 0 Å². The molecule has 3 aromatic rings. The summed E-state index contributed by atoms with van der Waals surface area (Å²) in [6.07, 6.45) is 0. The van der Waals surface area contributed by atoms with E-state index in [1.54, 1.807) is 0 Å². The predicted molar refractivity (Wildman–Crippen MR) is 68.1 cm³/mol. The highest BCUT2D eigenvalue weighted by molar-refractivity contribution is 5.78. The fourth-order valence-corrected chi connectivity index (χ4v) is 1.76. The lowest BCUT2D eigenvalue weighted by Gasteiger charge is -2.05. The number of hydrogen-bond donors (Lipinski definition) is 1. The quantitative estimate of drug-likeness (QED) is 0.732. The summed E-state index contributed by atoms with van der Waals surface area (Å²) < 4.78 is 5.69. The van der Waals surface area contributed by atoms with Crippen LogP contribution in [0.4, 0.5) is 5.88 Å². The lowest BCUT2D eigenvalue weighted by Crippen LogP contribution is -2.06. The normalized spacial score (nSPS) is 10.9. The van der Waals surface area contributed by atoms with Crippen molar-refractivity contribution in [3.05, 3.63) is 36.4 Å². The van der Waals surface area contributed by atoms with Crippen molar-refractivity contribution in [3.8, 4) is 11.6 Å². The Hall–Kier alpha value is -2.23. The third-order valence-electron chi connectivity index (χ3n) is 2.66. The first-order valence-corrected chi connectivity index (χ1v) is 5.46. The number of furan rings is 1. The predicted octanol–water partition coefficient (Wildman–Crippen LogP) is 2.89. The fourth-order valence-electron chi connectivity index (χ4n) is 1.76. The van der Waals surface area contributed by atoms with Crippen LogP contribution in [-0.2, 0) is 0 Å². The molecule has 1 aromatic carbocycles. The fraction of sp³-hybridized carbons (Fsp3) is 0.154. The van der Waals surface area contributed by atoms with E-state index in [1.165, 1.54) is 0 Å². The average Bonchev–Trinajstić information content (AvgIpc) is 2.95. The molecule has 0 aliphatic carbocycles. The second-order valence-electron chi connectivity index (χ2n) is 4.13. The topological polar surface area (TPSA) is 45.1 Å². The average molecular weight is 227 g/mol. The van der Waals surface area contributed by atoms with E-state index in [1.807, 2.05) is 55.4 Å². The molecule has 0 saturated heterocycles. The molecule has 0 atom stereocenters. The lowest BCUT2D eigenvalue weighted by atomic mass is 10.3. The number of benzene rings is 1. The van der Waals surface area contributed by atoms with Crippen LogP contribution in [0.5, 0.6) is 0 Å². The minimum Gasteiger partial charge on any atom is -0.437 e. The Kier molecular flexibility index (Phi) is 2.14. The summed E-state index contributed by atoms with van der Waals surface area (Å²) in [6.45, 7) is 0. The van der Waals surface area contributed by atoms with Gasteiger partial charge in [0.2, 0.25) is 0 Å². The van der Waals surface area contributed by atoms with Gasteiger partial charge in [0.15, 0.2) is 17.5 Å². The molecule has 4 nitrogen and oxygen atoms in total. The Bertz CT molecular complexity index is 618. The van der Waals surface area contributed by atoms with Crippen molar-refractivity contribution in [1.29, 1.82) is 0 Å². The Balaban J connectivity index is 2.07. The number of aromatic nitrogens is 2. The summed E-state index contributed by atoms with van der Waals surface area (Å²) in [4.78, 5) is 9.65. The number of nitrogens with one attached hydrogen (secondary N) is 1. The minimum atomic E-state index is 0.755. The van der Waals surface area contributed by atoms with Gasteiger partial charge in [-0.25, -0.2) is 4.98 Å². The third-order valence-corrected chi connectivity index (χ3v) is 2.66. The summed E-state index contributed by atoms with van der Waals surface area (Å²) in [5.41, 5.74) is 1.97. The zero-order valence-electron chi connectivity index (χ0n) is 9.77. The molecular weight excluding hydrogens is 214 g/mol. The van der Waals surface area contributed by atoms with Gasteiger partial charge in [-0.3, -0.25) is 0 Å². The first kappa shape index (κ1) is 9.96.